The highest BCUT2D eigenvalue weighted by Gasteiger charge is 2.34. The SMILES string of the molecule is O=C(NC1CC1)C1Cc2ccccc21. The van der Waals surface area contributed by atoms with Crippen molar-refractivity contribution in [2.75, 3.05) is 0 Å². The van der Waals surface area contributed by atoms with Gasteiger partial charge in [-0.15, -0.1) is 0 Å². The molecule has 1 aromatic rings. The summed E-state index contributed by atoms with van der Waals surface area (Å²) in [6.45, 7) is 0. The third kappa shape index (κ3) is 1.22. The second kappa shape index (κ2) is 2.84. The number of benzene rings is 1. The molecule has 0 aliphatic heterocycles. The van der Waals surface area contributed by atoms with Crippen LogP contribution in [0.15, 0.2) is 24.3 Å². The van der Waals surface area contributed by atoms with Crippen molar-refractivity contribution in [2.45, 2.75) is 31.2 Å². The molecule has 0 bridgehead atoms. The summed E-state index contributed by atoms with van der Waals surface area (Å²) in [5, 5.41) is 3.06. The molecule has 2 nitrogen and oxygen atoms in total. The third-order valence-electron chi connectivity index (χ3n) is 3.09. The number of nitrogens with one attached hydrogen (secondary N) is 1. The van der Waals surface area contributed by atoms with Gasteiger partial charge in [0.1, 0.15) is 0 Å². The van der Waals surface area contributed by atoms with Crippen molar-refractivity contribution in [3.8, 4) is 0 Å². The molecule has 3 rings (SSSR count). The first-order valence-electron chi connectivity index (χ1n) is 5.23. The van der Waals surface area contributed by atoms with Gasteiger partial charge < -0.3 is 5.32 Å². The summed E-state index contributed by atoms with van der Waals surface area (Å²) in [4.78, 5) is 11.7. The maximum Gasteiger partial charge on any atom is 0.228 e. The minimum Gasteiger partial charge on any atom is -0.353 e. The van der Waals surface area contributed by atoms with E-state index in [0.29, 0.717) is 6.04 Å². The Morgan fingerprint density at radius 2 is 2.07 bits per heavy atom. The number of rotatable bonds is 2. The lowest BCUT2D eigenvalue weighted by Crippen LogP contribution is -2.36. The average Bonchev–Trinajstić information content (AvgIpc) is 2.91. The monoisotopic (exact) mass is 187 g/mol. The number of hydrogen-bond acceptors (Lipinski definition) is 1. The van der Waals surface area contributed by atoms with Gasteiger partial charge in [0.15, 0.2) is 0 Å². The van der Waals surface area contributed by atoms with Gasteiger partial charge >= 0.3 is 0 Å². The average molecular weight is 187 g/mol. The molecular weight excluding hydrogens is 174 g/mol. The number of carbonyl (C=O) groups excluding carboxylic acids is 1. The lowest BCUT2D eigenvalue weighted by Gasteiger charge is -2.28. The predicted octanol–water partition coefficient (Wildman–Crippen LogP) is 1.60. The molecule has 14 heavy (non-hydrogen) atoms. The first-order valence-corrected chi connectivity index (χ1v) is 5.23. The van der Waals surface area contributed by atoms with Crippen molar-refractivity contribution >= 4 is 5.91 Å². The zero-order valence-electron chi connectivity index (χ0n) is 7.99. The molecule has 2 heteroatoms. The van der Waals surface area contributed by atoms with Crippen LogP contribution in [-0.4, -0.2) is 11.9 Å². The third-order valence-corrected chi connectivity index (χ3v) is 3.09. The molecule has 0 heterocycles. The molecule has 0 spiro atoms. The van der Waals surface area contributed by atoms with E-state index < -0.39 is 0 Å². The van der Waals surface area contributed by atoms with E-state index in [1.807, 2.05) is 12.1 Å². The molecule has 1 aromatic carbocycles. The van der Waals surface area contributed by atoms with Crippen LogP contribution in [0.1, 0.15) is 29.9 Å². The molecule has 1 unspecified atom stereocenters. The Morgan fingerprint density at radius 1 is 1.29 bits per heavy atom. The molecular formula is C12H13NO. The van der Waals surface area contributed by atoms with E-state index in [1.54, 1.807) is 0 Å². The van der Waals surface area contributed by atoms with Gasteiger partial charge in [-0.05, 0) is 30.4 Å². The van der Waals surface area contributed by atoms with E-state index in [4.69, 9.17) is 0 Å². The van der Waals surface area contributed by atoms with Crippen LogP contribution in [0, 0.1) is 0 Å². The molecule has 1 amide bonds. The Bertz CT molecular complexity index is 382. The van der Waals surface area contributed by atoms with Crippen molar-refractivity contribution < 1.29 is 4.79 Å². The van der Waals surface area contributed by atoms with Crippen LogP contribution in [0.4, 0.5) is 0 Å². The minimum absolute atomic E-state index is 0.131. The van der Waals surface area contributed by atoms with Gasteiger partial charge in [0.25, 0.3) is 0 Å². The molecule has 2 aliphatic carbocycles. The van der Waals surface area contributed by atoms with Crippen LogP contribution >= 0.6 is 0 Å². The van der Waals surface area contributed by atoms with Crippen molar-refractivity contribution in [3.63, 3.8) is 0 Å². The number of carbonyl (C=O) groups is 1. The zero-order valence-corrected chi connectivity index (χ0v) is 7.99. The highest BCUT2D eigenvalue weighted by Crippen LogP contribution is 2.35. The molecule has 2 aliphatic rings. The Kier molecular flexibility index (Phi) is 1.63. The Hall–Kier alpha value is -1.31. The van der Waals surface area contributed by atoms with Crippen molar-refractivity contribution in [1.82, 2.24) is 5.32 Å². The lowest BCUT2D eigenvalue weighted by atomic mass is 9.77. The maximum atomic E-state index is 11.7. The second-order valence-corrected chi connectivity index (χ2v) is 4.24. The van der Waals surface area contributed by atoms with Gasteiger partial charge in [-0.25, -0.2) is 0 Å². The Morgan fingerprint density at radius 3 is 2.79 bits per heavy atom. The molecule has 0 radical (unpaired) electrons. The largest absolute Gasteiger partial charge is 0.353 e. The van der Waals surface area contributed by atoms with E-state index in [1.165, 1.54) is 24.0 Å². The highest BCUT2D eigenvalue weighted by molar-refractivity contribution is 5.87. The van der Waals surface area contributed by atoms with E-state index in [2.05, 4.69) is 17.4 Å². The fourth-order valence-corrected chi connectivity index (χ4v) is 2.02. The van der Waals surface area contributed by atoms with Gasteiger partial charge in [-0.1, -0.05) is 24.3 Å². The maximum absolute atomic E-state index is 11.7. The summed E-state index contributed by atoms with van der Waals surface area (Å²) in [6, 6.07) is 8.70. The smallest absolute Gasteiger partial charge is 0.228 e. The van der Waals surface area contributed by atoms with E-state index in [-0.39, 0.29) is 11.8 Å². The normalized spacial score (nSPS) is 23.6. The summed E-state index contributed by atoms with van der Waals surface area (Å²) in [7, 11) is 0. The van der Waals surface area contributed by atoms with Crippen molar-refractivity contribution in [1.29, 1.82) is 0 Å². The zero-order chi connectivity index (χ0) is 9.54. The highest BCUT2D eigenvalue weighted by atomic mass is 16.2. The summed E-state index contributed by atoms with van der Waals surface area (Å²) in [5.74, 6) is 0.359. The van der Waals surface area contributed by atoms with Crippen LogP contribution in [0.3, 0.4) is 0 Å². The number of fused-ring (bicyclic) bond motifs is 1. The van der Waals surface area contributed by atoms with Gasteiger partial charge in [0.05, 0.1) is 5.92 Å². The predicted molar refractivity (Wildman–Crippen MR) is 54.1 cm³/mol. The number of amides is 1. The molecule has 72 valence electrons. The second-order valence-electron chi connectivity index (χ2n) is 4.24. The van der Waals surface area contributed by atoms with Crippen LogP contribution in [-0.2, 0) is 11.2 Å². The molecule has 1 atom stereocenters. The minimum atomic E-state index is 0.131. The fraction of sp³-hybridized carbons (Fsp3) is 0.417. The van der Waals surface area contributed by atoms with Gasteiger partial charge in [-0.3, -0.25) is 4.79 Å². The molecule has 0 aromatic heterocycles. The van der Waals surface area contributed by atoms with E-state index in [0.717, 1.165) is 6.42 Å². The molecule has 1 fully saturated rings. The quantitative estimate of drug-likeness (QED) is 0.748. The standard InChI is InChI=1S/C12H13NO/c14-12(13-9-5-6-9)11-7-8-3-1-2-4-10(8)11/h1-4,9,11H,5-7H2,(H,13,14). The Labute approximate surface area is 83.3 Å². The van der Waals surface area contributed by atoms with Crippen molar-refractivity contribution in [3.05, 3.63) is 35.4 Å². The van der Waals surface area contributed by atoms with Crippen LogP contribution in [0.25, 0.3) is 0 Å². The van der Waals surface area contributed by atoms with Crippen LogP contribution < -0.4 is 5.32 Å². The van der Waals surface area contributed by atoms with Gasteiger partial charge in [0.2, 0.25) is 5.91 Å². The first-order chi connectivity index (χ1) is 6.84. The van der Waals surface area contributed by atoms with E-state index >= 15 is 0 Å². The first kappa shape index (κ1) is 8.04. The fourth-order valence-electron chi connectivity index (χ4n) is 2.02. The van der Waals surface area contributed by atoms with Crippen LogP contribution in [0.5, 0.6) is 0 Å². The molecule has 0 saturated heterocycles. The summed E-state index contributed by atoms with van der Waals surface area (Å²) >= 11 is 0. The molecule has 1 saturated carbocycles. The van der Waals surface area contributed by atoms with Gasteiger partial charge in [0, 0.05) is 6.04 Å². The van der Waals surface area contributed by atoms with Crippen LogP contribution in [0.2, 0.25) is 0 Å². The van der Waals surface area contributed by atoms with Gasteiger partial charge in [-0.2, -0.15) is 0 Å². The topological polar surface area (TPSA) is 29.1 Å². The lowest BCUT2D eigenvalue weighted by molar-refractivity contribution is -0.123. The summed E-state index contributed by atoms with van der Waals surface area (Å²) in [5.41, 5.74) is 2.56. The Balaban J connectivity index is 1.74. The summed E-state index contributed by atoms with van der Waals surface area (Å²) < 4.78 is 0. The molecule has 1 N–H and O–H groups in total. The van der Waals surface area contributed by atoms with E-state index in [9.17, 15) is 4.79 Å². The summed E-state index contributed by atoms with van der Waals surface area (Å²) in [6.07, 6.45) is 3.26. The number of hydrogen-bond donors (Lipinski definition) is 1. The van der Waals surface area contributed by atoms with Crippen molar-refractivity contribution in [2.24, 2.45) is 0 Å².